The minimum atomic E-state index is -3.57. The lowest BCUT2D eigenvalue weighted by molar-refractivity contribution is 0.312. The highest BCUT2D eigenvalue weighted by molar-refractivity contribution is 7.89. The van der Waals surface area contributed by atoms with E-state index in [9.17, 15) is 8.42 Å². The van der Waals surface area contributed by atoms with Crippen molar-refractivity contribution in [3.8, 4) is 11.5 Å². The van der Waals surface area contributed by atoms with Crippen LogP contribution < -0.4 is 9.47 Å². The summed E-state index contributed by atoms with van der Waals surface area (Å²) in [5.41, 5.74) is 3.47. The second kappa shape index (κ2) is 7.49. The molecule has 31 heavy (non-hydrogen) atoms. The van der Waals surface area contributed by atoms with Gasteiger partial charge in [0.15, 0.2) is 5.65 Å². The standard InChI is InChI=1S/C22H26N4O4S/c1-14-8-20-17(15(2)12-30-20)9-21(14)31(27,28)25-6-4-16(5-7-25)18-11-26-22(23-13-24-26)10-19(18)29-3/h8-11,13,15-16H,4-7,12H2,1-3H3. The molecule has 2 aliphatic rings. The Morgan fingerprint density at radius 1 is 1.16 bits per heavy atom. The largest absolute Gasteiger partial charge is 0.496 e. The molecule has 5 rings (SSSR count). The predicted molar refractivity (Wildman–Crippen MR) is 115 cm³/mol. The summed E-state index contributed by atoms with van der Waals surface area (Å²) in [6, 6.07) is 5.55. The van der Waals surface area contributed by atoms with Crippen LogP contribution in [0.2, 0.25) is 0 Å². The van der Waals surface area contributed by atoms with Crippen LogP contribution in [0.3, 0.4) is 0 Å². The number of nitrogens with zero attached hydrogens (tertiary/aromatic N) is 4. The fraction of sp³-hybridized carbons (Fsp3) is 0.455. The molecule has 0 amide bonds. The van der Waals surface area contributed by atoms with E-state index in [0.29, 0.717) is 24.6 Å². The van der Waals surface area contributed by atoms with E-state index in [2.05, 4.69) is 17.0 Å². The van der Waals surface area contributed by atoms with Crippen molar-refractivity contribution in [3.63, 3.8) is 0 Å². The Morgan fingerprint density at radius 3 is 2.68 bits per heavy atom. The van der Waals surface area contributed by atoms with Crippen LogP contribution in [0.25, 0.3) is 5.65 Å². The Labute approximate surface area is 181 Å². The Balaban J connectivity index is 1.39. The average Bonchev–Trinajstić information content (AvgIpc) is 3.38. The molecule has 3 aromatic rings. The topological polar surface area (TPSA) is 86.0 Å². The number of fused-ring (bicyclic) bond motifs is 2. The monoisotopic (exact) mass is 442 g/mol. The minimum absolute atomic E-state index is 0.199. The third kappa shape index (κ3) is 3.36. The quantitative estimate of drug-likeness (QED) is 0.617. The number of hydrogen-bond donors (Lipinski definition) is 0. The third-order valence-electron chi connectivity index (χ3n) is 6.47. The molecular weight excluding hydrogens is 416 g/mol. The summed E-state index contributed by atoms with van der Waals surface area (Å²) in [4.78, 5) is 4.60. The number of hydrogen-bond acceptors (Lipinski definition) is 6. The van der Waals surface area contributed by atoms with Gasteiger partial charge in [0.1, 0.15) is 17.8 Å². The zero-order valence-electron chi connectivity index (χ0n) is 17.9. The maximum absolute atomic E-state index is 13.5. The summed E-state index contributed by atoms with van der Waals surface area (Å²) in [5.74, 6) is 1.97. The lowest BCUT2D eigenvalue weighted by Crippen LogP contribution is -2.38. The van der Waals surface area contributed by atoms with Crippen molar-refractivity contribution in [3.05, 3.63) is 47.4 Å². The fourth-order valence-corrected chi connectivity index (χ4v) is 6.37. The maximum Gasteiger partial charge on any atom is 0.243 e. The van der Waals surface area contributed by atoms with Crippen molar-refractivity contribution in [1.29, 1.82) is 0 Å². The Morgan fingerprint density at radius 2 is 1.94 bits per heavy atom. The average molecular weight is 443 g/mol. The van der Waals surface area contributed by atoms with Gasteiger partial charge in [0, 0.05) is 42.4 Å². The van der Waals surface area contributed by atoms with Gasteiger partial charge in [-0.25, -0.2) is 17.9 Å². The van der Waals surface area contributed by atoms with E-state index in [0.717, 1.165) is 46.7 Å². The van der Waals surface area contributed by atoms with Gasteiger partial charge in [-0.2, -0.15) is 9.40 Å². The second-order valence-electron chi connectivity index (χ2n) is 8.41. The summed E-state index contributed by atoms with van der Waals surface area (Å²) >= 11 is 0. The van der Waals surface area contributed by atoms with Gasteiger partial charge >= 0.3 is 0 Å². The summed E-state index contributed by atoms with van der Waals surface area (Å²) in [6.07, 6.45) is 4.90. The molecule has 2 aliphatic heterocycles. The molecule has 2 aromatic heterocycles. The van der Waals surface area contributed by atoms with Crippen molar-refractivity contribution >= 4 is 15.7 Å². The zero-order valence-corrected chi connectivity index (χ0v) is 18.7. The third-order valence-corrected chi connectivity index (χ3v) is 8.51. The van der Waals surface area contributed by atoms with E-state index < -0.39 is 10.0 Å². The number of methoxy groups -OCH3 is 1. The Kier molecular flexibility index (Phi) is 4.90. The first-order valence-corrected chi connectivity index (χ1v) is 12.0. The van der Waals surface area contributed by atoms with Crippen LogP contribution in [0.4, 0.5) is 0 Å². The lowest BCUT2D eigenvalue weighted by atomic mass is 9.91. The highest BCUT2D eigenvalue weighted by Crippen LogP contribution is 2.39. The van der Waals surface area contributed by atoms with Crippen LogP contribution >= 0.6 is 0 Å². The second-order valence-corrected chi connectivity index (χ2v) is 10.3. The molecule has 0 radical (unpaired) electrons. The first kappa shape index (κ1) is 20.3. The molecule has 4 heterocycles. The highest BCUT2D eigenvalue weighted by atomic mass is 32.2. The summed E-state index contributed by atoms with van der Waals surface area (Å²) < 4.78 is 41.5. The number of aryl methyl sites for hydroxylation is 1. The molecule has 9 heteroatoms. The van der Waals surface area contributed by atoms with Crippen molar-refractivity contribution in [2.75, 3.05) is 26.8 Å². The van der Waals surface area contributed by atoms with Gasteiger partial charge < -0.3 is 9.47 Å². The van der Waals surface area contributed by atoms with E-state index in [1.165, 1.54) is 6.33 Å². The van der Waals surface area contributed by atoms with Gasteiger partial charge in [0.05, 0.1) is 18.6 Å². The maximum atomic E-state index is 13.5. The Hall–Kier alpha value is -2.65. The van der Waals surface area contributed by atoms with E-state index in [1.807, 2.05) is 31.3 Å². The molecule has 164 valence electrons. The van der Waals surface area contributed by atoms with Gasteiger partial charge in [-0.05, 0) is 43.4 Å². The van der Waals surface area contributed by atoms with Crippen LogP contribution in [-0.2, 0) is 10.0 Å². The molecule has 8 nitrogen and oxygen atoms in total. The number of sulfonamides is 1. The predicted octanol–water partition coefficient (Wildman–Crippen LogP) is 3.11. The van der Waals surface area contributed by atoms with Gasteiger partial charge in [-0.3, -0.25) is 0 Å². The summed E-state index contributed by atoms with van der Waals surface area (Å²) in [7, 11) is -1.92. The number of aromatic nitrogens is 3. The summed E-state index contributed by atoms with van der Waals surface area (Å²) in [6.45, 7) is 5.43. The van der Waals surface area contributed by atoms with Crippen molar-refractivity contribution in [2.45, 2.75) is 43.4 Å². The molecule has 0 N–H and O–H groups in total. The van der Waals surface area contributed by atoms with Crippen LogP contribution in [0.15, 0.2) is 35.6 Å². The molecule has 0 bridgehead atoms. The SMILES string of the molecule is COc1cc2ncnn2cc1C1CCN(S(=O)(=O)c2cc3c(cc2C)OCC3C)CC1. The molecular formula is C22H26N4O4S. The van der Waals surface area contributed by atoms with Crippen LogP contribution in [-0.4, -0.2) is 54.1 Å². The van der Waals surface area contributed by atoms with E-state index >= 15 is 0 Å². The van der Waals surface area contributed by atoms with Gasteiger partial charge in [0.25, 0.3) is 0 Å². The van der Waals surface area contributed by atoms with Crippen molar-refractivity contribution in [2.24, 2.45) is 0 Å². The molecule has 1 atom stereocenters. The molecule has 1 saturated heterocycles. The van der Waals surface area contributed by atoms with Crippen LogP contribution in [0.5, 0.6) is 11.5 Å². The van der Waals surface area contributed by atoms with E-state index in [1.54, 1.807) is 15.9 Å². The number of rotatable bonds is 4. The van der Waals surface area contributed by atoms with Crippen molar-refractivity contribution in [1.82, 2.24) is 18.9 Å². The summed E-state index contributed by atoms with van der Waals surface area (Å²) in [5, 5.41) is 4.22. The number of ether oxygens (including phenoxy) is 2. The zero-order chi connectivity index (χ0) is 21.8. The van der Waals surface area contributed by atoms with Gasteiger partial charge in [0.2, 0.25) is 10.0 Å². The van der Waals surface area contributed by atoms with Crippen LogP contribution in [0.1, 0.15) is 48.3 Å². The molecule has 0 aliphatic carbocycles. The smallest absolute Gasteiger partial charge is 0.243 e. The first-order valence-electron chi connectivity index (χ1n) is 10.5. The minimum Gasteiger partial charge on any atom is -0.496 e. The molecule has 1 fully saturated rings. The number of benzene rings is 1. The Bertz CT molecular complexity index is 1250. The van der Waals surface area contributed by atoms with Crippen LogP contribution in [0, 0.1) is 6.92 Å². The first-order chi connectivity index (χ1) is 14.9. The molecule has 0 spiro atoms. The van der Waals surface area contributed by atoms with Gasteiger partial charge in [-0.15, -0.1) is 0 Å². The fourth-order valence-electron chi connectivity index (χ4n) is 4.66. The van der Waals surface area contributed by atoms with E-state index in [-0.39, 0.29) is 11.8 Å². The lowest BCUT2D eigenvalue weighted by Gasteiger charge is -2.32. The normalized spacial score (nSPS) is 20.0. The van der Waals surface area contributed by atoms with Gasteiger partial charge in [-0.1, -0.05) is 6.92 Å². The highest BCUT2D eigenvalue weighted by Gasteiger charge is 2.34. The number of pyridine rings is 1. The molecule has 0 saturated carbocycles. The van der Waals surface area contributed by atoms with Crippen molar-refractivity contribution < 1.29 is 17.9 Å². The van der Waals surface area contributed by atoms with E-state index in [4.69, 9.17) is 9.47 Å². The molecule has 1 aromatic carbocycles. The molecule has 1 unspecified atom stereocenters. The number of piperidine rings is 1.